The van der Waals surface area contributed by atoms with Crippen molar-refractivity contribution in [1.29, 1.82) is 21.0 Å². The predicted molar refractivity (Wildman–Crippen MR) is 141 cm³/mol. The molecule has 0 radical (unpaired) electrons. The summed E-state index contributed by atoms with van der Waals surface area (Å²) in [6.45, 7) is 0. The van der Waals surface area contributed by atoms with Crippen molar-refractivity contribution in [1.82, 2.24) is 9.97 Å². The van der Waals surface area contributed by atoms with Gasteiger partial charge >= 0.3 is 24.7 Å². The normalized spacial score (nSPS) is 12.3. The summed E-state index contributed by atoms with van der Waals surface area (Å²) in [4.78, 5) is 7.56. The Bertz CT molecular complexity index is 2280. The molecule has 0 bridgehead atoms. The van der Waals surface area contributed by atoms with Crippen LogP contribution < -0.4 is 11.1 Å². The first-order valence-electron chi connectivity index (χ1n) is 12.8. The third-order valence-electron chi connectivity index (χ3n) is 6.90. The molecule has 2 aromatic heterocycles. The van der Waals surface area contributed by atoms with E-state index >= 15 is 0 Å². The SMILES string of the molecule is N#CC(C#N)=c1nc2c(-c3ccc(C(F)(F)F)cc3C(F)(F)F)c3oc(=C(C#N)C#N)nc3c(-c3ccc(C(F)(F)F)cc3C(F)(F)F)c2o1. The molecule has 0 saturated carbocycles. The van der Waals surface area contributed by atoms with Crippen molar-refractivity contribution in [3.8, 4) is 46.5 Å². The van der Waals surface area contributed by atoms with Crippen molar-refractivity contribution < 1.29 is 61.5 Å². The highest BCUT2D eigenvalue weighted by Gasteiger charge is 2.42. The van der Waals surface area contributed by atoms with Crippen molar-refractivity contribution in [2.45, 2.75) is 24.7 Å². The maximum atomic E-state index is 14.4. The van der Waals surface area contributed by atoms with Crippen LogP contribution in [-0.4, -0.2) is 9.97 Å². The Hall–Kier alpha value is -6.54. The molecule has 0 aliphatic carbocycles. The van der Waals surface area contributed by atoms with Crippen LogP contribution in [0.15, 0.2) is 45.2 Å². The van der Waals surface area contributed by atoms with Crippen molar-refractivity contribution in [2.24, 2.45) is 0 Å². The molecular weight excluding hydrogens is 704 g/mol. The van der Waals surface area contributed by atoms with Gasteiger partial charge in [0.05, 0.1) is 33.4 Å². The lowest BCUT2D eigenvalue weighted by atomic mass is 9.90. The molecule has 0 aliphatic rings. The Kier molecular flexibility index (Phi) is 8.04. The van der Waals surface area contributed by atoms with E-state index in [4.69, 9.17) is 8.83 Å². The Labute approximate surface area is 267 Å². The zero-order valence-corrected chi connectivity index (χ0v) is 23.5. The Morgan fingerprint density at radius 3 is 1.08 bits per heavy atom. The highest BCUT2D eigenvalue weighted by molar-refractivity contribution is 6.16. The Morgan fingerprint density at radius 2 is 0.820 bits per heavy atom. The molecule has 0 saturated heterocycles. The first-order valence-corrected chi connectivity index (χ1v) is 12.8. The smallest absolute Gasteiger partial charge is 0.417 e. The van der Waals surface area contributed by atoms with Gasteiger partial charge in [0.15, 0.2) is 22.3 Å². The van der Waals surface area contributed by atoms with E-state index in [0.29, 0.717) is 0 Å². The number of hydrogen-bond donors (Lipinski definition) is 0. The fraction of sp³-hybridized carbons (Fsp3) is 0.133. The molecule has 50 heavy (non-hydrogen) atoms. The van der Waals surface area contributed by atoms with Gasteiger partial charge in [0.1, 0.15) is 35.3 Å². The van der Waals surface area contributed by atoms with E-state index in [0.717, 1.165) is 0 Å². The summed E-state index contributed by atoms with van der Waals surface area (Å²) in [5.74, 6) is 0. The fourth-order valence-corrected chi connectivity index (χ4v) is 4.83. The van der Waals surface area contributed by atoms with Gasteiger partial charge in [-0.2, -0.15) is 73.7 Å². The summed E-state index contributed by atoms with van der Waals surface area (Å²) < 4.78 is 178. The van der Waals surface area contributed by atoms with Crippen molar-refractivity contribution in [3.05, 3.63) is 69.7 Å². The lowest BCUT2D eigenvalue weighted by Gasteiger charge is -2.18. The Morgan fingerprint density at radius 1 is 0.500 bits per heavy atom. The number of alkyl halides is 12. The fourth-order valence-electron chi connectivity index (χ4n) is 4.83. The number of fused-ring (bicyclic) bond motifs is 2. The minimum Gasteiger partial charge on any atom is -0.434 e. The van der Waals surface area contributed by atoms with Gasteiger partial charge in [-0.15, -0.1) is 0 Å². The average Bonchev–Trinajstić information content (AvgIpc) is 3.64. The average molecular weight is 710 g/mol. The maximum Gasteiger partial charge on any atom is 0.417 e. The number of halogens is 12. The second-order valence-corrected chi connectivity index (χ2v) is 9.85. The number of oxazole rings is 2. The van der Waals surface area contributed by atoms with E-state index < -0.39 is 114 Å². The number of rotatable bonds is 2. The van der Waals surface area contributed by atoms with Crippen LogP contribution in [0.4, 0.5) is 52.7 Å². The minimum atomic E-state index is -5.60. The van der Waals surface area contributed by atoms with E-state index in [9.17, 15) is 73.7 Å². The third kappa shape index (κ3) is 5.88. The molecule has 252 valence electrons. The zero-order valence-electron chi connectivity index (χ0n) is 23.5. The van der Waals surface area contributed by atoms with Gasteiger partial charge in [0.25, 0.3) is 0 Å². The van der Waals surface area contributed by atoms with Gasteiger partial charge in [-0.25, -0.2) is 9.97 Å². The van der Waals surface area contributed by atoms with Gasteiger partial charge in [-0.3, -0.25) is 0 Å². The quantitative estimate of drug-likeness (QED) is 0.169. The van der Waals surface area contributed by atoms with Gasteiger partial charge in [-0.05, 0) is 24.3 Å². The van der Waals surface area contributed by atoms with Crippen LogP contribution in [0.5, 0.6) is 0 Å². The van der Waals surface area contributed by atoms with E-state index in [2.05, 4.69) is 9.97 Å². The van der Waals surface area contributed by atoms with E-state index in [-0.39, 0.29) is 36.4 Å². The molecule has 0 aliphatic heterocycles. The lowest BCUT2D eigenvalue weighted by molar-refractivity contribution is -0.144. The van der Waals surface area contributed by atoms with Gasteiger partial charge in [0.2, 0.25) is 11.1 Å². The van der Waals surface area contributed by atoms with Crippen LogP contribution in [0.3, 0.4) is 0 Å². The number of hydrogen-bond acceptors (Lipinski definition) is 8. The summed E-state index contributed by atoms with van der Waals surface area (Å²) >= 11 is 0. The zero-order chi connectivity index (χ0) is 37.1. The van der Waals surface area contributed by atoms with Crippen LogP contribution in [0.2, 0.25) is 0 Å². The van der Waals surface area contributed by atoms with Crippen molar-refractivity contribution in [2.75, 3.05) is 0 Å². The minimum absolute atomic E-state index is 0.191. The summed E-state index contributed by atoms with van der Waals surface area (Å²) in [5, 5.41) is 37.5. The molecule has 20 heteroatoms. The summed E-state index contributed by atoms with van der Waals surface area (Å²) in [6.07, 6.45) is -21.9. The molecular formula is C30H6F12N6O2. The van der Waals surface area contributed by atoms with E-state index in [1.54, 1.807) is 0 Å². The molecule has 0 unspecified atom stereocenters. The molecule has 5 rings (SSSR count). The Balaban J connectivity index is 2.16. The molecule has 0 atom stereocenters. The van der Waals surface area contributed by atoms with Crippen molar-refractivity contribution >= 4 is 33.3 Å². The number of aromatic nitrogens is 2. The summed E-state index contributed by atoms with van der Waals surface area (Å²) in [7, 11) is 0. The van der Waals surface area contributed by atoms with Gasteiger partial charge in [0, 0.05) is 11.1 Å². The first kappa shape index (κ1) is 34.8. The molecule has 0 spiro atoms. The molecule has 0 fully saturated rings. The van der Waals surface area contributed by atoms with E-state index in [1.165, 1.54) is 24.3 Å². The second-order valence-electron chi connectivity index (χ2n) is 9.85. The largest absolute Gasteiger partial charge is 0.434 e. The van der Waals surface area contributed by atoms with E-state index in [1.807, 2.05) is 0 Å². The van der Waals surface area contributed by atoms with Crippen molar-refractivity contribution in [3.63, 3.8) is 0 Å². The van der Waals surface area contributed by atoms with Crippen LogP contribution in [0.25, 0.3) is 55.6 Å². The lowest BCUT2D eigenvalue weighted by Crippen LogP contribution is -2.13. The molecule has 0 amide bonds. The number of benzene rings is 3. The number of nitriles is 4. The molecule has 3 aromatic carbocycles. The predicted octanol–water partition coefficient (Wildman–Crippen LogP) is 7.77. The number of nitrogens with zero attached hydrogens (tertiary/aromatic N) is 6. The second kappa shape index (κ2) is 11.6. The maximum absolute atomic E-state index is 14.4. The van der Waals surface area contributed by atoms with Crippen LogP contribution in [0.1, 0.15) is 22.3 Å². The third-order valence-corrected chi connectivity index (χ3v) is 6.90. The topological polar surface area (TPSA) is 147 Å². The highest BCUT2D eigenvalue weighted by atomic mass is 19.4. The first-order chi connectivity index (χ1) is 23.1. The molecule has 0 N–H and O–H groups in total. The molecule has 5 aromatic rings. The van der Waals surface area contributed by atoms with Gasteiger partial charge in [-0.1, -0.05) is 12.1 Å². The summed E-state index contributed by atoms with van der Waals surface area (Å²) in [5.41, 5.74) is -20.3. The molecule has 2 heterocycles. The van der Waals surface area contributed by atoms with Crippen LogP contribution >= 0.6 is 0 Å². The highest BCUT2D eigenvalue weighted by Crippen LogP contribution is 2.49. The van der Waals surface area contributed by atoms with Crippen LogP contribution in [0, 0.1) is 45.3 Å². The summed E-state index contributed by atoms with van der Waals surface area (Å²) in [6, 6.07) is 5.58. The standard InChI is InChI=1S/C30H6F12N6O2/c31-27(32,33)13-1-3-15(17(5-13)29(37,38)39)19-21-24(50-25(47-21)11(7-43)8-44)20(22-23(19)49-26(48-22)12(9-45)10-46)16-4-2-14(28(34,35)36)6-18(16)30(40,41)42/h1-6H. The monoisotopic (exact) mass is 710 g/mol. The van der Waals surface area contributed by atoms with Crippen LogP contribution in [-0.2, 0) is 24.7 Å². The molecule has 8 nitrogen and oxygen atoms in total. The van der Waals surface area contributed by atoms with Gasteiger partial charge < -0.3 is 8.83 Å².